The third-order valence-corrected chi connectivity index (χ3v) is 8.18. The molecule has 1 saturated carbocycles. The summed E-state index contributed by atoms with van der Waals surface area (Å²) < 4.78 is 31.5. The average Bonchev–Trinajstić information content (AvgIpc) is 3.33. The van der Waals surface area contributed by atoms with Crippen molar-refractivity contribution in [1.29, 1.82) is 0 Å². The van der Waals surface area contributed by atoms with Gasteiger partial charge in [-0.2, -0.15) is 9.97 Å². The zero-order valence-electron chi connectivity index (χ0n) is 20.0. The van der Waals surface area contributed by atoms with E-state index in [1.54, 1.807) is 30.6 Å². The van der Waals surface area contributed by atoms with E-state index >= 15 is 0 Å². The van der Waals surface area contributed by atoms with Crippen molar-refractivity contribution in [2.75, 3.05) is 37.3 Å². The van der Waals surface area contributed by atoms with Crippen molar-refractivity contribution in [3.63, 3.8) is 0 Å². The summed E-state index contributed by atoms with van der Waals surface area (Å²) >= 11 is 0. The van der Waals surface area contributed by atoms with Crippen LogP contribution in [0.4, 0.5) is 11.6 Å². The minimum atomic E-state index is -3.35. The van der Waals surface area contributed by atoms with Crippen molar-refractivity contribution in [1.82, 2.24) is 24.8 Å². The molecule has 1 fully saturated rings. The highest BCUT2D eigenvalue weighted by molar-refractivity contribution is 7.91. The Morgan fingerprint density at radius 3 is 2.53 bits per heavy atom. The van der Waals surface area contributed by atoms with Crippen LogP contribution in [0.1, 0.15) is 46.0 Å². The predicted octanol–water partition coefficient (Wildman–Crippen LogP) is 4.17. The molecule has 0 saturated heterocycles. The Balaban J connectivity index is 1.44. The standard InChI is InChI=1S/C24H34N6O3S/c1-3-30(4-2)14-15-34(31,32)20-12-10-19(11-13-20)27-24-28-22-21(25-17-26-22)23(29-24)33-16-18-8-6-5-7-9-18/h10-13,17-18H,3-9,14-16H2,1-2H3,(H2,25,26,27,28,29). The number of nitrogens with one attached hydrogen (secondary N) is 2. The number of imidazole rings is 1. The molecule has 0 atom stereocenters. The lowest BCUT2D eigenvalue weighted by atomic mass is 9.90. The first-order valence-electron chi connectivity index (χ1n) is 12.1. The minimum absolute atomic E-state index is 0.0993. The molecular formula is C24H34N6O3S. The molecule has 0 aliphatic heterocycles. The van der Waals surface area contributed by atoms with Crippen LogP contribution in [0.2, 0.25) is 0 Å². The van der Waals surface area contributed by atoms with E-state index in [4.69, 9.17) is 4.74 Å². The molecule has 34 heavy (non-hydrogen) atoms. The van der Waals surface area contributed by atoms with Gasteiger partial charge in [0.2, 0.25) is 11.8 Å². The number of ether oxygens (including phenoxy) is 1. The van der Waals surface area contributed by atoms with Crippen molar-refractivity contribution in [3.05, 3.63) is 30.6 Å². The van der Waals surface area contributed by atoms with Gasteiger partial charge in [0.25, 0.3) is 0 Å². The Morgan fingerprint density at radius 1 is 1.09 bits per heavy atom. The van der Waals surface area contributed by atoms with Gasteiger partial charge in [-0.15, -0.1) is 0 Å². The van der Waals surface area contributed by atoms with Gasteiger partial charge in [-0.3, -0.25) is 0 Å². The van der Waals surface area contributed by atoms with Crippen molar-refractivity contribution < 1.29 is 13.2 Å². The molecule has 1 aliphatic carbocycles. The van der Waals surface area contributed by atoms with E-state index in [9.17, 15) is 8.42 Å². The monoisotopic (exact) mass is 486 g/mol. The number of aromatic nitrogens is 4. The van der Waals surface area contributed by atoms with Crippen LogP contribution in [0.5, 0.6) is 5.88 Å². The number of anilines is 2. The van der Waals surface area contributed by atoms with Crippen LogP contribution in [-0.4, -0.2) is 65.2 Å². The molecule has 0 spiro atoms. The molecule has 1 aliphatic rings. The highest BCUT2D eigenvalue weighted by Gasteiger charge is 2.18. The number of nitrogens with zero attached hydrogens (tertiary/aromatic N) is 4. The molecule has 3 aromatic rings. The summed E-state index contributed by atoms with van der Waals surface area (Å²) in [5.74, 6) is 1.48. The quantitative estimate of drug-likeness (QED) is 0.415. The van der Waals surface area contributed by atoms with Crippen LogP contribution in [0, 0.1) is 5.92 Å². The van der Waals surface area contributed by atoms with Crippen LogP contribution < -0.4 is 10.1 Å². The van der Waals surface area contributed by atoms with Gasteiger partial charge >= 0.3 is 0 Å². The molecule has 0 unspecified atom stereocenters. The summed E-state index contributed by atoms with van der Waals surface area (Å²) in [4.78, 5) is 18.7. The number of rotatable bonds is 11. The molecule has 2 heterocycles. The highest BCUT2D eigenvalue weighted by atomic mass is 32.2. The lowest BCUT2D eigenvalue weighted by molar-refractivity contribution is 0.205. The van der Waals surface area contributed by atoms with Gasteiger partial charge in [-0.25, -0.2) is 13.4 Å². The summed E-state index contributed by atoms with van der Waals surface area (Å²) in [5, 5.41) is 3.15. The van der Waals surface area contributed by atoms with Gasteiger partial charge in [-0.1, -0.05) is 33.1 Å². The van der Waals surface area contributed by atoms with Crippen molar-refractivity contribution >= 4 is 32.6 Å². The molecule has 184 valence electrons. The zero-order chi connectivity index (χ0) is 24.0. The maximum absolute atomic E-state index is 12.7. The Labute approximate surface area is 201 Å². The largest absolute Gasteiger partial charge is 0.476 e. The van der Waals surface area contributed by atoms with Gasteiger partial charge in [0.15, 0.2) is 15.5 Å². The smallest absolute Gasteiger partial charge is 0.245 e. The summed E-state index contributed by atoms with van der Waals surface area (Å²) in [6.45, 7) is 6.89. The molecule has 0 amide bonds. The number of benzene rings is 1. The minimum Gasteiger partial charge on any atom is -0.476 e. The third kappa shape index (κ3) is 6.04. The first-order chi connectivity index (χ1) is 16.5. The molecule has 1 aromatic carbocycles. The van der Waals surface area contributed by atoms with Crippen LogP contribution in [0.15, 0.2) is 35.5 Å². The van der Waals surface area contributed by atoms with E-state index in [1.807, 2.05) is 13.8 Å². The van der Waals surface area contributed by atoms with E-state index in [0.717, 1.165) is 13.1 Å². The Kier molecular flexibility index (Phi) is 7.99. The molecule has 9 nitrogen and oxygen atoms in total. The van der Waals surface area contributed by atoms with E-state index in [0.29, 0.717) is 52.6 Å². The van der Waals surface area contributed by atoms with E-state index in [-0.39, 0.29) is 5.75 Å². The number of fused-ring (bicyclic) bond motifs is 1. The summed E-state index contributed by atoms with van der Waals surface area (Å²) in [6.07, 6.45) is 7.77. The predicted molar refractivity (Wildman–Crippen MR) is 133 cm³/mol. The van der Waals surface area contributed by atoms with Crippen LogP contribution >= 0.6 is 0 Å². The number of hydrogen-bond acceptors (Lipinski definition) is 8. The molecule has 0 radical (unpaired) electrons. The Morgan fingerprint density at radius 2 is 1.82 bits per heavy atom. The van der Waals surface area contributed by atoms with Crippen molar-refractivity contribution in [2.24, 2.45) is 5.92 Å². The number of aromatic amines is 1. The average molecular weight is 487 g/mol. The highest BCUT2D eigenvalue weighted by Crippen LogP contribution is 2.27. The number of H-pyrrole nitrogens is 1. The first-order valence-corrected chi connectivity index (χ1v) is 13.8. The second-order valence-electron chi connectivity index (χ2n) is 8.76. The van der Waals surface area contributed by atoms with Crippen LogP contribution in [0.3, 0.4) is 0 Å². The maximum Gasteiger partial charge on any atom is 0.245 e. The fourth-order valence-corrected chi connectivity index (χ4v) is 5.58. The second-order valence-corrected chi connectivity index (χ2v) is 10.9. The van der Waals surface area contributed by atoms with Gasteiger partial charge in [0.05, 0.1) is 23.6 Å². The molecule has 0 bridgehead atoms. The topological polar surface area (TPSA) is 113 Å². The van der Waals surface area contributed by atoms with E-state index in [2.05, 4.69) is 30.2 Å². The zero-order valence-corrected chi connectivity index (χ0v) is 20.8. The van der Waals surface area contributed by atoms with E-state index < -0.39 is 9.84 Å². The number of sulfone groups is 1. The van der Waals surface area contributed by atoms with E-state index in [1.165, 1.54) is 32.1 Å². The van der Waals surface area contributed by atoms with Crippen LogP contribution in [0.25, 0.3) is 11.2 Å². The summed E-state index contributed by atoms with van der Waals surface area (Å²) in [7, 11) is -3.35. The second kappa shape index (κ2) is 11.1. The molecule has 4 rings (SSSR count). The molecule has 10 heteroatoms. The first kappa shape index (κ1) is 24.4. The van der Waals surface area contributed by atoms with Gasteiger partial charge < -0.3 is 19.9 Å². The lowest BCUT2D eigenvalue weighted by Gasteiger charge is -2.21. The number of hydrogen-bond donors (Lipinski definition) is 2. The summed E-state index contributed by atoms with van der Waals surface area (Å²) in [6, 6.07) is 6.69. The van der Waals surface area contributed by atoms with Gasteiger partial charge in [0.1, 0.15) is 5.52 Å². The molecule has 2 N–H and O–H groups in total. The fraction of sp³-hybridized carbons (Fsp3) is 0.542. The molecular weight excluding hydrogens is 452 g/mol. The molecule has 2 aromatic heterocycles. The SMILES string of the molecule is CCN(CC)CCS(=O)(=O)c1ccc(Nc2nc(OCC3CCCCC3)c3[nH]cnc3n2)cc1. The van der Waals surface area contributed by atoms with Crippen LogP contribution in [-0.2, 0) is 9.84 Å². The van der Waals surface area contributed by atoms with Gasteiger partial charge in [0, 0.05) is 12.2 Å². The van der Waals surface area contributed by atoms with Gasteiger partial charge in [-0.05, 0) is 56.1 Å². The summed E-state index contributed by atoms with van der Waals surface area (Å²) in [5.41, 5.74) is 1.89. The lowest BCUT2D eigenvalue weighted by Crippen LogP contribution is -2.29. The van der Waals surface area contributed by atoms with Crippen molar-refractivity contribution in [3.8, 4) is 5.88 Å². The third-order valence-electron chi connectivity index (χ3n) is 6.47. The fourth-order valence-electron chi connectivity index (χ4n) is 4.30. The Hall–Kier alpha value is -2.72. The Bertz CT molecular complexity index is 1170. The maximum atomic E-state index is 12.7. The normalized spacial score (nSPS) is 15.1. The van der Waals surface area contributed by atoms with Crippen molar-refractivity contribution in [2.45, 2.75) is 50.8 Å².